The van der Waals surface area contributed by atoms with E-state index < -0.39 is 0 Å². The number of halogens is 1. The topological polar surface area (TPSA) is 49.8 Å². The summed E-state index contributed by atoms with van der Waals surface area (Å²) in [4.78, 5) is 9.16. The molecule has 1 heterocycles. The third-order valence-corrected chi connectivity index (χ3v) is 3.70. The molecule has 5 heteroatoms. The van der Waals surface area contributed by atoms with E-state index in [1.54, 1.807) is 6.08 Å². The summed E-state index contributed by atoms with van der Waals surface area (Å²) in [6, 6.07) is 13.6. The lowest BCUT2D eigenvalue weighted by atomic mass is 10.2. The largest absolute Gasteiger partial charge is 0.366 e. The van der Waals surface area contributed by atoms with Crippen molar-refractivity contribution in [1.29, 1.82) is 0 Å². The van der Waals surface area contributed by atoms with E-state index in [0.29, 0.717) is 17.5 Å². The number of nitrogens with one attached hydrogen (secondary N) is 2. The van der Waals surface area contributed by atoms with E-state index >= 15 is 0 Å². The molecule has 2 N–H and O–H groups in total. The van der Waals surface area contributed by atoms with Crippen LogP contribution in [0.1, 0.15) is 5.56 Å². The van der Waals surface area contributed by atoms with Gasteiger partial charge in [0.25, 0.3) is 0 Å². The Hall–Kier alpha value is -2.59. The van der Waals surface area contributed by atoms with Gasteiger partial charge >= 0.3 is 0 Å². The number of hydrogen-bond acceptors (Lipinski definition) is 4. The van der Waals surface area contributed by atoms with E-state index in [-0.39, 0.29) is 0 Å². The number of benzene rings is 2. The highest BCUT2D eigenvalue weighted by atomic mass is 35.5. The SMILES string of the molecule is C=CCNc1nc(Nc2cc(Cl)ccc2C)nc2ccccc12. The van der Waals surface area contributed by atoms with Crippen molar-refractivity contribution in [3.8, 4) is 0 Å². The molecule has 23 heavy (non-hydrogen) atoms. The van der Waals surface area contributed by atoms with Crippen LogP contribution in [0.2, 0.25) is 5.02 Å². The molecule has 0 aliphatic rings. The Kier molecular flexibility index (Phi) is 4.44. The second-order valence-electron chi connectivity index (χ2n) is 5.17. The van der Waals surface area contributed by atoms with Crippen LogP contribution in [-0.2, 0) is 0 Å². The summed E-state index contributed by atoms with van der Waals surface area (Å²) < 4.78 is 0. The maximum absolute atomic E-state index is 6.07. The Balaban J connectivity index is 2.03. The van der Waals surface area contributed by atoms with Gasteiger partial charge in [-0.1, -0.05) is 35.9 Å². The van der Waals surface area contributed by atoms with Crippen LogP contribution in [0.5, 0.6) is 0 Å². The minimum atomic E-state index is 0.528. The number of nitrogens with zero attached hydrogens (tertiary/aromatic N) is 2. The molecule has 0 spiro atoms. The second-order valence-corrected chi connectivity index (χ2v) is 5.60. The molecule has 0 saturated heterocycles. The lowest BCUT2D eigenvalue weighted by Crippen LogP contribution is -2.05. The molecule has 4 nitrogen and oxygen atoms in total. The Morgan fingerprint density at radius 3 is 2.83 bits per heavy atom. The number of para-hydroxylation sites is 1. The Morgan fingerprint density at radius 1 is 1.17 bits per heavy atom. The number of anilines is 3. The Morgan fingerprint density at radius 2 is 2.00 bits per heavy atom. The number of rotatable bonds is 5. The minimum Gasteiger partial charge on any atom is -0.366 e. The van der Waals surface area contributed by atoms with Crippen molar-refractivity contribution in [2.75, 3.05) is 17.2 Å². The fraction of sp³-hybridized carbons (Fsp3) is 0.111. The third-order valence-electron chi connectivity index (χ3n) is 3.46. The first-order valence-corrected chi connectivity index (χ1v) is 7.70. The standard InChI is InChI=1S/C18H17ClN4/c1-3-10-20-17-14-6-4-5-7-15(14)21-18(23-17)22-16-11-13(19)9-8-12(16)2/h3-9,11H,1,10H2,2H3,(H2,20,21,22,23). The van der Waals surface area contributed by atoms with Gasteiger partial charge in [-0.05, 0) is 36.8 Å². The predicted octanol–water partition coefficient (Wildman–Crippen LogP) is 4.93. The van der Waals surface area contributed by atoms with Crippen molar-refractivity contribution in [3.63, 3.8) is 0 Å². The molecule has 0 atom stereocenters. The van der Waals surface area contributed by atoms with Gasteiger partial charge in [0.15, 0.2) is 0 Å². The van der Waals surface area contributed by atoms with Gasteiger partial charge < -0.3 is 10.6 Å². The maximum Gasteiger partial charge on any atom is 0.229 e. The molecule has 0 aliphatic carbocycles. The highest BCUT2D eigenvalue weighted by Gasteiger charge is 2.08. The van der Waals surface area contributed by atoms with Crippen LogP contribution in [0.25, 0.3) is 10.9 Å². The van der Waals surface area contributed by atoms with E-state index in [4.69, 9.17) is 11.6 Å². The summed E-state index contributed by atoms with van der Waals surface area (Å²) in [5, 5.41) is 8.15. The van der Waals surface area contributed by atoms with Crippen LogP contribution in [0.4, 0.5) is 17.5 Å². The Labute approximate surface area is 140 Å². The molecule has 2 aromatic carbocycles. The number of aromatic nitrogens is 2. The van der Waals surface area contributed by atoms with E-state index in [9.17, 15) is 0 Å². The molecule has 0 saturated carbocycles. The van der Waals surface area contributed by atoms with E-state index in [1.165, 1.54) is 0 Å². The van der Waals surface area contributed by atoms with Crippen molar-refractivity contribution in [2.45, 2.75) is 6.92 Å². The number of fused-ring (bicyclic) bond motifs is 1. The third kappa shape index (κ3) is 3.43. The average molecular weight is 325 g/mol. The highest BCUT2D eigenvalue weighted by molar-refractivity contribution is 6.30. The monoisotopic (exact) mass is 324 g/mol. The smallest absolute Gasteiger partial charge is 0.229 e. The average Bonchev–Trinajstić information content (AvgIpc) is 2.56. The fourth-order valence-corrected chi connectivity index (χ4v) is 2.46. The van der Waals surface area contributed by atoms with Crippen molar-refractivity contribution < 1.29 is 0 Å². The molecular weight excluding hydrogens is 308 g/mol. The number of hydrogen-bond donors (Lipinski definition) is 2. The van der Waals surface area contributed by atoms with Crippen LogP contribution in [-0.4, -0.2) is 16.5 Å². The van der Waals surface area contributed by atoms with Gasteiger partial charge in [0.1, 0.15) is 5.82 Å². The second kappa shape index (κ2) is 6.67. The van der Waals surface area contributed by atoms with Crippen molar-refractivity contribution in [2.24, 2.45) is 0 Å². The van der Waals surface area contributed by atoms with Crippen molar-refractivity contribution in [1.82, 2.24) is 9.97 Å². The molecule has 0 aliphatic heterocycles. The van der Waals surface area contributed by atoms with Gasteiger partial charge in [-0.2, -0.15) is 4.98 Å². The first-order chi connectivity index (χ1) is 11.2. The highest BCUT2D eigenvalue weighted by Crippen LogP contribution is 2.26. The first-order valence-electron chi connectivity index (χ1n) is 7.32. The fourth-order valence-electron chi connectivity index (χ4n) is 2.29. The minimum absolute atomic E-state index is 0.528. The summed E-state index contributed by atoms with van der Waals surface area (Å²) in [7, 11) is 0. The summed E-state index contributed by atoms with van der Waals surface area (Å²) in [5.74, 6) is 1.30. The molecular formula is C18H17ClN4. The summed E-state index contributed by atoms with van der Waals surface area (Å²) >= 11 is 6.07. The van der Waals surface area contributed by atoms with E-state index in [1.807, 2.05) is 49.4 Å². The lowest BCUT2D eigenvalue weighted by Gasteiger charge is -2.12. The van der Waals surface area contributed by atoms with E-state index in [2.05, 4.69) is 27.2 Å². The quantitative estimate of drug-likeness (QED) is 0.653. The molecule has 0 unspecified atom stereocenters. The van der Waals surface area contributed by atoms with Gasteiger partial charge in [-0.3, -0.25) is 0 Å². The maximum atomic E-state index is 6.07. The van der Waals surface area contributed by atoms with Gasteiger partial charge in [-0.25, -0.2) is 4.98 Å². The number of aryl methyl sites for hydroxylation is 1. The lowest BCUT2D eigenvalue weighted by molar-refractivity contribution is 1.18. The van der Waals surface area contributed by atoms with Crippen LogP contribution < -0.4 is 10.6 Å². The van der Waals surface area contributed by atoms with Crippen molar-refractivity contribution >= 4 is 40.0 Å². The summed E-state index contributed by atoms with van der Waals surface area (Å²) in [6.45, 7) is 6.38. The van der Waals surface area contributed by atoms with Crippen LogP contribution in [0.15, 0.2) is 55.1 Å². The molecule has 0 bridgehead atoms. The normalized spacial score (nSPS) is 10.5. The van der Waals surface area contributed by atoms with Gasteiger partial charge in [0.2, 0.25) is 5.95 Å². The summed E-state index contributed by atoms with van der Waals surface area (Å²) in [5.41, 5.74) is 2.84. The van der Waals surface area contributed by atoms with Crippen LogP contribution >= 0.6 is 11.6 Å². The van der Waals surface area contributed by atoms with E-state index in [0.717, 1.165) is 28.0 Å². The van der Waals surface area contributed by atoms with Gasteiger partial charge in [-0.15, -0.1) is 6.58 Å². The zero-order valence-corrected chi connectivity index (χ0v) is 13.6. The van der Waals surface area contributed by atoms with Gasteiger partial charge in [0.05, 0.1) is 5.52 Å². The Bertz CT molecular complexity index is 861. The molecule has 0 amide bonds. The molecule has 1 aromatic heterocycles. The molecule has 0 radical (unpaired) electrons. The molecule has 3 rings (SSSR count). The first kappa shape index (κ1) is 15.3. The zero-order valence-electron chi connectivity index (χ0n) is 12.8. The molecule has 3 aromatic rings. The summed E-state index contributed by atoms with van der Waals surface area (Å²) in [6.07, 6.45) is 1.80. The van der Waals surface area contributed by atoms with Crippen LogP contribution in [0, 0.1) is 6.92 Å². The molecule has 0 fully saturated rings. The van der Waals surface area contributed by atoms with Crippen molar-refractivity contribution in [3.05, 3.63) is 65.7 Å². The van der Waals surface area contributed by atoms with Gasteiger partial charge in [0, 0.05) is 22.6 Å². The molecule has 116 valence electrons. The van der Waals surface area contributed by atoms with Crippen LogP contribution in [0.3, 0.4) is 0 Å². The zero-order chi connectivity index (χ0) is 16.2. The predicted molar refractivity (Wildman–Crippen MR) is 97.7 cm³/mol.